The van der Waals surface area contributed by atoms with E-state index in [1.165, 1.54) is 0 Å². The molecular formula is H4CaClKMg. The topological polar surface area (TPSA) is 0 Å². The van der Waals surface area contributed by atoms with Crippen molar-refractivity contribution in [3.05, 3.63) is 0 Å². The van der Waals surface area contributed by atoms with Crippen LogP contribution in [0.5, 0.6) is 0 Å². The van der Waals surface area contributed by atoms with E-state index in [-0.39, 0.29) is 130 Å². The molecule has 0 radical (unpaired) electrons. The summed E-state index contributed by atoms with van der Waals surface area (Å²) in [5.74, 6) is 0. The van der Waals surface area contributed by atoms with Crippen molar-refractivity contribution in [1.29, 1.82) is 0 Å². The van der Waals surface area contributed by atoms with Gasteiger partial charge in [0.25, 0.3) is 0 Å². The zero-order valence-electron chi connectivity index (χ0n) is 6.79. The van der Waals surface area contributed by atoms with Crippen LogP contribution in [0.4, 0.5) is 0 Å². The summed E-state index contributed by atoms with van der Waals surface area (Å²) in [7, 11) is 0. The van der Waals surface area contributed by atoms with Gasteiger partial charge in [0.2, 0.25) is 0 Å². The van der Waals surface area contributed by atoms with E-state index in [1.54, 1.807) is 0 Å². The van der Waals surface area contributed by atoms with E-state index in [2.05, 4.69) is 0 Å². The fraction of sp³-hybridized carbons (Fsp3) is 0. The van der Waals surface area contributed by atoms with Crippen molar-refractivity contribution in [2.75, 3.05) is 0 Å². The van der Waals surface area contributed by atoms with Crippen molar-refractivity contribution in [1.82, 2.24) is 0 Å². The van der Waals surface area contributed by atoms with E-state index < -0.39 is 0 Å². The summed E-state index contributed by atoms with van der Waals surface area (Å²) in [5, 5.41) is 0. The zero-order valence-corrected chi connectivity index (χ0v) is 10.3. The van der Waals surface area contributed by atoms with Crippen LogP contribution in [0.25, 0.3) is 0 Å². The van der Waals surface area contributed by atoms with Crippen molar-refractivity contribution >= 4 is 60.8 Å². The van der Waals surface area contributed by atoms with Gasteiger partial charge in [-0.3, -0.25) is 0 Å². The molecule has 0 aromatic heterocycles. The third-order valence-electron chi connectivity index (χ3n) is 0. The first-order chi connectivity index (χ1) is 0. The smallest absolute Gasteiger partial charge is 1.00 e. The fourth-order valence-corrected chi connectivity index (χ4v) is 0. The minimum atomic E-state index is 0. The molecule has 0 spiro atoms. The standard InChI is InChI=1S/Ca.ClH.K.Mg.4H/h;1H;;;;;;/q+2;;+1;+2;4*-1/p-1. The second kappa shape index (κ2) is 15.8. The molecule has 0 nitrogen and oxygen atoms in total. The Kier molecular flexibility index (Phi) is 97.0. The molecule has 0 aromatic rings. The monoisotopic (exact) mass is 142 g/mol. The normalized spacial score (nSPS) is 0. The molecule has 0 rings (SSSR count). The van der Waals surface area contributed by atoms with Gasteiger partial charge >= 0.3 is 112 Å². The van der Waals surface area contributed by atoms with Crippen LogP contribution in [0.15, 0.2) is 0 Å². The van der Waals surface area contributed by atoms with Crippen LogP contribution in [-0.4, -0.2) is 60.8 Å². The van der Waals surface area contributed by atoms with Gasteiger partial charge in [0.15, 0.2) is 0 Å². The fourth-order valence-electron chi connectivity index (χ4n) is 0. The Bertz CT molecular complexity index is 16.0. The summed E-state index contributed by atoms with van der Waals surface area (Å²) in [6.07, 6.45) is 0. The SMILES string of the molecule is [Ca+2].[Cl-].[H-].[H-].[H-].[H-].[K+].[Mg+2]. The summed E-state index contributed by atoms with van der Waals surface area (Å²) in [5.41, 5.74) is 0. The van der Waals surface area contributed by atoms with Gasteiger partial charge in [-0.05, 0) is 0 Å². The minimum absolute atomic E-state index is 0. The van der Waals surface area contributed by atoms with E-state index in [1.807, 2.05) is 0 Å². The predicted octanol–water partition coefficient (Wildman–Crippen LogP) is -6.30. The second-order valence-corrected chi connectivity index (χ2v) is 0. The molecule has 0 heterocycles. The van der Waals surface area contributed by atoms with Gasteiger partial charge in [0.05, 0.1) is 0 Å². The Hall–Kier alpha value is 3.95. The van der Waals surface area contributed by atoms with Gasteiger partial charge < -0.3 is 18.1 Å². The molecule has 0 atom stereocenters. The molecule has 4 heteroatoms. The molecule has 0 unspecified atom stereocenters. The quantitative estimate of drug-likeness (QED) is 0.296. The van der Waals surface area contributed by atoms with E-state index in [0.29, 0.717) is 0 Å². The molecule has 0 saturated carbocycles. The number of hydrogen-bond donors (Lipinski definition) is 0. The largest absolute Gasteiger partial charge is 2.00 e. The Balaban J connectivity index is 0. The number of hydrogen-bond acceptors (Lipinski definition) is 0. The molecule has 0 aromatic carbocycles. The minimum Gasteiger partial charge on any atom is -1.00 e. The predicted molar refractivity (Wildman–Crippen MR) is 16.0 cm³/mol. The van der Waals surface area contributed by atoms with Crippen LogP contribution in [0.1, 0.15) is 5.71 Å². The molecular weight excluding hydrogens is 139 g/mol. The maximum Gasteiger partial charge on any atom is 2.00 e. The van der Waals surface area contributed by atoms with Gasteiger partial charge in [0.1, 0.15) is 0 Å². The van der Waals surface area contributed by atoms with E-state index in [4.69, 9.17) is 0 Å². The molecule has 0 saturated heterocycles. The molecule has 0 N–H and O–H groups in total. The molecule has 0 aliphatic heterocycles. The molecule has 0 aliphatic carbocycles. The van der Waals surface area contributed by atoms with Crippen LogP contribution in [0.2, 0.25) is 0 Å². The average Bonchev–Trinajstić information content (AvgIpc) is 0. The molecule has 0 fully saturated rings. The van der Waals surface area contributed by atoms with Crippen LogP contribution in [-0.2, 0) is 0 Å². The first-order valence-electron chi connectivity index (χ1n) is 0. The summed E-state index contributed by atoms with van der Waals surface area (Å²) in [4.78, 5) is 0. The van der Waals surface area contributed by atoms with Gasteiger partial charge in [0, 0.05) is 0 Å². The molecule has 0 bridgehead atoms. The summed E-state index contributed by atoms with van der Waals surface area (Å²) < 4.78 is 0. The van der Waals surface area contributed by atoms with E-state index in [0.717, 1.165) is 0 Å². The first kappa shape index (κ1) is 24.6. The van der Waals surface area contributed by atoms with Crippen LogP contribution >= 0.6 is 0 Å². The van der Waals surface area contributed by atoms with Crippen molar-refractivity contribution in [2.24, 2.45) is 0 Å². The third-order valence-corrected chi connectivity index (χ3v) is 0. The number of halogens is 1. The van der Waals surface area contributed by atoms with Crippen molar-refractivity contribution in [2.45, 2.75) is 0 Å². The first-order valence-corrected chi connectivity index (χ1v) is 0. The Labute approximate surface area is 127 Å². The number of rotatable bonds is 0. The van der Waals surface area contributed by atoms with Gasteiger partial charge in [-0.25, -0.2) is 0 Å². The maximum atomic E-state index is 0. The van der Waals surface area contributed by atoms with Crippen LogP contribution < -0.4 is 63.8 Å². The third kappa shape index (κ3) is 9.35. The van der Waals surface area contributed by atoms with Gasteiger partial charge in [-0.2, -0.15) is 0 Å². The Morgan fingerprint density at radius 1 is 1.25 bits per heavy atom. The zero-order chi connectivity index (χ0) is 0. The second-order valence-electron chi connectivity index (χ2n) is 0. The Morgan fingerprint density at radius 2 is 1.25 bits per heavy atom. The van der Waals surface area contributed by atoms with Crippen molar-refractivity contribution in [3.8, 4) is 0 Å². The summed E-state index contributed by atoms with van der Waals surface area (Å²) >= 11 is 0. The van der Waals surface area contributed by atoms with Crippen LogP contribution in [0, 0.1) is 0 Å². The maximum absolute atomic E-state index is 0. The van der Waals surface area contributed by atoms with E-state index in [9.17, 15) is 0 Å². The Morgan fingerprint density at radius 3 is 1.25 bits per heavy atom. The molecule has 4 heavy (non-hydrogen) atoms. The van der Waals surface area contributed by atoms with Crippen LogP contribution in [0.3, 0.4) is 0 Å². The van der Waals surface area contributed by atoms with E-state index >= 15 is 0 Å². The molecule has 0 amide bonds. The summed E-state index contributed by atoms with van der Waals surface area (Å²) in [6, 6.07) is 0. The average molecular weight is 143 g/mol. The van der Waals surface area contributed by atoms with Gasteiger partial charge in [-0.1, -0.05) is 0 Å². The van der Waals surface area contributed by atoms with Crippen molar-refractivity contribution < 1.29 is 69.5 Å². The van der Waals surface area contributed by atoms with Crippen molar-refractivity contribution in [3.63, 3.8) is 0 Å². The van der Waals surface area contributed by atoms with Gasteiger partial charge in [-0.15, -0.1) is 0 Å². The summed E-state index contributed by atoms with van der Waals surface area (Å²) in [6.45, 7) is 0. The molecule has 0 aliphatic rings. The molecule has 16 valence electrons.